The molecule has 9 heteroatoms. The minimum atomic E-state index is -3.65. The molecule has 30 heavy (non-hydrogen) atoms. The molecule has 3 rings (SSSR count). The van der Waals surface area contributed by atoms with E-state index in [1.807, 2.05) is 26.0 Å². The van der Waals surface area contributed by atoms with E-state index in [0.29, 0.717) is 10.6 Å². The Kier molecular flexibility index (Phi) is 6.80. The monoisotopic (exact) mass is 450 g/mol. The number of hydrogen-bond acceptors (Lipinski definition) is 5. The normalized spacial score (nSPS) is 15.1. The van der Waals surface area contributed by atoms with E-state index in [-0.39, 0.29) is 43.6 Å². The molecule has 0 atom stereocenters. The highest BCUT2D eigenvalue weighted by Crippen LogP contribution is 2.20. The Morgan fingerprint density at radius 2 is 1.63 bits per heavy atom. The Morgan fingerprint density at radius 3 is 2.23 bits per heavy atom. The van der Waals surface area contributed by atoms with Crippen LogP contribution >= 0.6 is 11.6 Å². The van der Waals surface area contributed by atoms with Gasteiger partial charge in [-0.15, -0.1) is 0 Å². The zero-order valence-electron chi connectivity index (χ0n) is 16.8. The van der Waals surface area contributed by atoms with E-state index in [4.69, 9.17) is 16.3 Å². The Morgan fingerprint density at radius 1 is 1.00 bits per heavy atom. The van der Waals surface area contributed by atoms with Gasteiger partial charge in [0.2, 0.25) is 10.0 Å². The summed E-state index contributed by atoms with van der Waals surface area (Å²) in [5.41, 5.74) is 2.24. The number of piperazine rings is 1. The highest BCUT2D eigenvalue weighted by Gasteiger charge is 2.30. The first-order valence-electron chi connectivity index (χ1n) is 9.46. The molecule has 0 spiro atoms. The fraction of sp³-hybridized carbons (Fsp3) is 0.333. The summed E-state index contributed by atoms with van der Waals surface area (Å²) in [5.74, 6) is -0.901. The third-order valence-corrected chi connectivity index (χ3v) is 7.14. The van der Waals surface area contributed by atoms with E-state index in [9.17, 15) is 18.0 Å². The smallest absolute Gasteiger partial charge is 0.338 e. The molecule has 1 aliphatic rings. The molecule has 0 bridgehead atoms. The molecule has 0 aromatic heterocycles. The van der Waals surface area contributed by atoms with Crippen molar-refractivity contribution in [2.24, 2.45) is 0 Å². The standard InChI is InChI=1S/C21H23ClN2O5S/c1-15-3-8-19(16(2)13-15)21(26)29-14-20(25)23-9-11-24(12-10-23)30(27,28)18-6-4-17(22)5-7-18/h3-8,13H,9-12,14H2,1-2H3. The van der Waals surface area contributed by atoms with Crippen LogP contribution in [0.25, 0.3) is 0 Å². The number of benzene rings is 2. The van der Waals surface area contributed by atoms with E-state index in [2.05, 4.69) is 0 Å². The average Bonchev–Trinajstić information content (AvgIpc) is 2.72. The molecule has 0 unspecified atom stereocenters. The number of ether oxygens (including phenoxy) is 1. The van der Waals surface area contributed by atoms with Gasteiger partial charge in [-0.25, -0.2) is 13.2 Å². The van der Waals surface area contributed by atoms with Gasteiger partial charge >= 0.3 is 5.97 Å². The predicted molar refractivity (Wildman–Crippen MR) is 113 cm³/mol. The molecule has 1 heterocycles. The summed E-state index contributed by atoms with van der Waals surface area (Å²) in [5, 5.41) is 0.458. The first kappa shape index (κ1) is 22.3. The lowest BCUT2D eigenvalue weighted by Crippen LogP contribution is -2.51. The first-order chi connectivity index (χ1) is 14.2. The van der Waals surface area contributed by atoms with Crippen LogP contribution in [0.4, 0.5) is 0 Å². The molecule has 0 radical (unpaired) electrons. The number of carbonyl (C=O) groups excluding carboxylic acids is 2. The van der Waals surface area contributed by atoms with Crippen molar-refractivity contribution in [1.29, 1.82) is 0 Å². The lowest BCUT2D eigenvalue weighted by atomic mass is 10.1. The van der Waals surface area contributed by atoms with Crippen LogP contribution in [-0.2, 0) is 19.6 Å². The zero-order chi connectivity index (χ0) is 21.9. The summed E-state index contributed by atoms with van der Waals surface area (Å²) >= 11 is 5.82. The molecule has 0 aliphatic carbocycles. The second-order valence-electron chi connectivity index (χ2n) is 7.13. The summed E-state index contributed by atoms with van der Waals surface area (Å²) in [6, 6.07) is 11.3. The van der Waals surface area contributed by atoms with Crippen molar-refractivity contribution in [3.05, 3.63) is 64.2 Å². The topological polar surface area (TPSA) is 84.0 Å². The number of nitrogens with zero attached hydrogens (tertiary/aromatic N) is 2. The van der Waals surface area contributed by atoms with Gasteiger partial charge in [0.25, 0.3) is 5.91 Å². The Labute approximate surface area is 181 Å². The fourth-order valence-electron chi connectivity index (χ4n) is 3.27. The second kappa shape index (κ2) is 9.16. The van der Waals surface area contributed by atoms with Crippen LogP contribution in [0, 0.1) is 13.8 Å². The van der Waals surface area contributed by atoms with Crippen LogP contribution in [0.5, 0.6) is 0 Å². The number of aryl methyl sites for hydroxylation is 2. The summed E-state index contributed by atoms with van der Waals surface area (Å²) in [6.45, 7) is 4.16. The largest absolute Gasteiger partial charge is 0.452 e. The molecule has 160 valence electrons. The minimum Gasteiger partial charge on any atom is -0.452 e. The third-order valence-electron chi connectivity index (χ3n) is 4.97. The maximum Gasteiger partial charge on any atom is 0.338 e. The van der Waals surface area contributed by atoms with Crippen LogP contribution in [0.1, 0.15) is 21.5 Å². The van der Waals surface area contributed by atoms with Gasteiger partial charge in [0, 0.05) is 31.2 Å². The summed E-state index contributed by atoms with van der Waals surface area (Å²) in [6.07, 6.45) is 0. The van der Waals surface area contributed by atoms with E-state index in [1.54, 1.807) is 6.07 Å². The molecular weight excluding hydrogens is 428 g/mol. The molecule has 1 aliphatic heterocycles. The van der Waals surface area contributed by atoms with Gasteiger partial charge in [-0.3, -0.25) is 4.79 Å². The number of amides is 1. The quantitative estimate of drug-likeness (QED) is 0.654. The molecule has 2 aromatic carbocycles. The number of hydrogen-bond donors (Lipinski definition) is 0. The molecule has 1 saturated heterocycles. The van der Waals surface area contributed by atoms with Crippen molar-refractivity contribution in [3.8, 4) is 0 Å². The maximum absolute atomic E-state index is 12.7. The van der Waals surface area contributed by atoms with Crippen LogP contribution in [0.2, 0.25) is 5.02 Å². The Bertz CT molecular complexity index is 1050. The minimum absolute atomic E-state index is 0.161. The highest BCUT2D eigenvalue weighted by atomic mass is 35.5. The van der Waals surface area contributed by atoms with Crippen LogP contribution < -0.4 is 0 Å². The predicted octanol–water partition coefficient (Wildman–Crippen LogP) is 2.65. The molecule has 1 fully saturated rings. The SMILES string of the molecule is Cc1ccc(C(=O)OCC(=O)N2CCN(S(=O)(=O)c3ccc(Cl)cc3)CC2)c(C)c1. The zero-order valence-corrected chi connectivity index (χ0v) is 18.4. The maximum atomic E-state index is 12.7. The molecule has 0 saturated carbocycles. The average molecular weight is 451 g/mol. The van der Waals surface area contributed by atoms with Gasteiger partial charge in [0.15, 0.2) is 6.61 Å². The Balaban J connectivity index is 1.54. The molecule has 1 amide bonds. The highest BCUT2D eigenvalue weighted by molar-refractivity contribution is 7.89. The Hall–Kier alpha value is -2.42. The van der Waals surface area contributed by atoms with E-state index in [0.717, 1.165) is 11.1 Å². The van der Waals surface area contributed by atoms with Crippen molar-refractivity contribution < 1.29 is 22.7 Å². The molecule has 2 aromatic rings. The lowest BCUT2D eigenvalue weighted by molar-refractivity contribution is -0.135. The van der Waals surface area contributed by atoms with Gasteiger partial charge < -0.3 is 9.64 Å². The van der Waals surface area contributed by atoms with E-state index >= 15 is 0 Å². The summed E-state index contributed by atoms with van der Waals surface area (Å²) in [4.78, 5) is 26.3. The summed E-state index contributed by atoms with van der Waals surface area (Å²) in [7, 11) is -3.65. The van der Waals surface area contributed by atoms with E-state index < -0.39 is 16.0 Å². The van der Waals surface area contributed by atoms with Crippen molar-refractivity contribution in [3.63, 3.8) is 0 Å². The van der Waals surface area contributed by atoms with Gasteiger partial charge in [-0.2, -0.15) is 4.31 Å². The van der Waals surface area contributed by atoms with E-state index in [1.165, 1.54) is 33.5 Å². The van der Waals surface area contributed by atoms with Gasteiger partial charge in [-0.05, 0) is 49.7 Å². The number of esters is 1. The number of carbonyl (C=O) groups is 2. The van der Waals surface area contributed by atoms with Gasteiger partial charge in [0.1, 0.15) is 0 Å². The van der Waals surface area contributed by atoms with Crippen LogP contribution in [-0.4, -0.2) is 62.3 Å². The molecule has 0 N–H and O–H groups in total. The van der Waals surface area contributed by atoms with Crippen molar-refractivity contribution in [2.45, 2.75) is 18.7 Å². The lowest BCUT2D eigenvalue weighted by Gasteiger charge is -2.33. The molecular formula is C21H23ClN2O5S. The van der Waals surface area contributed by atoms with Crippen molar-refractivity contribution >= 4 is 33.5 Å². The second-order valence-corrected chi connectivity index (χ2v) is 9.51. The van der Waals surface area contributed by atoms with Gasteiger partial charge in [-0.1, -0.05) is 29.3 Å². The summed E-state index contributed by atoms with van der Waals surface area (Å²) < 4.78 is 31.9. The van der Waals surface area contributed by atoms with Crippen LogP contribution in [0.15, 0.2) is 47.4 Å². The number of sulfonamides is 1. The number of rotatable bonds is 5. The number of halogens is 1. The first-order valence-corrected chi connectivity index (χ1v) is 11.3. The molecule has 7 nitrogen and oxygen atoms in total. The van der Waals surface area contributed by atoms with Crippen molar-refractivity contribution in [1.82, 2.24) is 9.21 Å². The van der Waals surface area contributed by atoms with Crippen molar-refractivity contribution in [2.75, 3.05) is 32.8 Å². The fourth-order valence-corrected chi connectivity index (χ4v) is 4.82. The van der Waals surface area contributed by atoms with Gasteiger partial charge in [0.05, 0.1) is 10.5 Å². The third kappa shape index (κ3) is 5.00. The van der Waals surface area contributed by atoms with Crippen LogP contribution in [0.3, 0.4) is 0 Å².